The molecule has 45 heavy (non-hydrogen) atoms. The smallest absolute Gasteiger partial charge is 0.352 e. The summed E-state index contributed by atoms with van der Waals surface area (Å²) in [7, 11) is 0. The summed E-state index contributed by atoms with van der Waals surface area (Å²) in [5.41, 5.74) is 6.83. The summed E-state index contributed by atoms with van der Waals surface area (Å²) in [6.45, 7) is 2.30. The Balaban J connectivity index is 1.25. The summed E-state index contributed by atoms with van der Waals surface area (Å²) in [4.78, 5) is 63.7. The lowest BCUT2D eigenvalue weighted by Crippen LogP contribution is -2.71. The second-order valence-corrected chi connectivity index (χ2v) is 11.3. The number of anilines is 1. The first-order chi connectivity index (χ1) is 21.7. The SMILES string of the molecule is CCO/N=C(\C(=O)N[C@@H]1C(=O)N2C(C(=O)O)=C(/C=C/C[n+]3ccc(-n4ccc(C(=O)N=C=N)n4)cc3)CS[C@H]12)c1csc(N)n1. The second-order valence-electron chi connectivity index (χ2n) is 9.30. The van der Waals surface area contributed by atoms with Gasteiger partial charge in [0.05, 0.1) is 11.7 Å². The number of aliphatic imine (C=N–C) groups is 1. The summed E-state index contributed by atoms with van der Waals surface area (Å²) in [6.07, 6.45) is 8.61. The zero-order chi connectivity index (χ0) is 32.1. The number of pyridine rings is 1. The van der Waals surface area contributed by atoms with Gasteiger partial charge >= 0.3 is 11.9 Å². The molecule has 1 saturated heterocycles. The van der Waals surface area contributed by atoms with E-state index >= 15 is 0 Å². The number of carboxylic acid groups (broad SMARTS) is 1. The average Bonchev–Trinajstić information content (AvgIpc) is 3.70. The van der Waals surface area contributed by atoms with Crippen molar-refractivity contribution in [3.8, 4) is 5.69 Å². The maximum absolute atomic E-state index is 13.1. The number of amides is 3. The molecule has 0 bridgehead atoms. The molecule has 3 aromatic heterocycles. The van der Waals surface area contributed by atoms with Gasteiger partial charge < -0.3 is 21.0 Å². The number of oxime groups is 1. The number of nitrogens with two attached hydrogens (primary N) is 1. The van der Waals surface area contributed by atoms with E-state index in [0.29, 0.717) is 23.6 Å². The molecule has 2 atom stereocenters. The number of thioether (sulfide) groups is 1. The molecule has 18 heteroatoms. The summed E-state index contributed by atoms with van der Waals surface area (Å²) in [5, 5.41) is 28.6. The number of β-lactam (4-membered cyclic amide) rings is 1. The van der Waals surface area contributed by atoms with E-state index in [4.69, 9.17) is 16.0 Å². The molecule has 5 heterocycles. The Morgan fingerprint density at radius 2 is 2.09 bits per heavy atom. The van der Waals surface area contributed by atoms with Crippen molar-refractivity contribution in [2.24, 2.45) is 10.1 Å². The van der Waals surface area contributed by atoms with E-state index in [2.05, 4.69) is 25.5 Å². The van der Waals surface area contributed by atoms with Crippen LogP contribution in [0.25, 0.3) is 5.69 Å². The monoisotopic (exact) mass is 649 g/mol. The number of hydrogen-bond acceptors (Lipinski definition) is 12. The molecule has 0 unspecified atom stereocenters. The number of allylic oxidation sites excluding steroid dienone is 2. The highest BCUT2D eigenvalue weighted by Crippen LogP contribution is 2.40. The van der Waals surface area contributed by atoms with E-state index in [1.54, 1.807) is 61.2 Å². The molecule has 2 aliphatic rings. The molecule has 0 radical (unpaired) electrons. The first-order valence-corrected chi connectivity index (χ1v) is 15.2. The van der Waals surface area contributed by atoms with Crippen molar-refractivity contribution in [1.29, 1.82) is 5.41 Å². The number of nitrogens with zero attached hydrogens (tertiary/aromatic N) is 7. The Morgan fingerprint density at radius 3 is 2.76 bits per heavy atom. The highest BCUT2D eigenvalue weighted by molar-refractivity contribution is 8.00. The number of nitrogen functional groups attached to an aromatic ring is 1. The van der Waals surface area contributed by atoms with E-state index < -0.39 is 35.1 Å². The van der Waals surface area contributed by atoms with Crippen LogP contribution in [0.2, 0.25) is 0 Å². The summed E-state index contributed by atoms with van der Waals surface area (Å²) >= 11 is 2.45. The molecular formula is C27H25N10O6S2+. The highest BCUT2D eigenvalue weighted by Gasteiger charge is 2.54. The van der Waals surface area contributed by atoms with Gasteiger partial charge in [-0.05, 0) is 24.6 Å². The molecule has 0 spiro atoms. The van der Waals surface area contributed by atoms with Gasteiger partial charge in [-0.15, -0.1) is 28.1 Å². The topological polar surface area (TPSA) is 222 Å². The van der Waals surface area contributed by atoms with Crippen LogP contribution < -0.4 is 15.6 Å². The average molecular weight is 650 g/mol. The van der Waals surface area contributed by atoms with Crippen molar-refractivity contribution in [1.82, 2.24) is 25.0 Å². The quantitative estimate of drug-likeness (QED) is 0.0991. The Morgan fingerprint density at radius 1 is 1.31 bits per heavy atom. The van der Waals surface area contributed by atoms with Crippen LogP contribution in [0.5, 0.6) is 0 Å². The maximum atomic E-state index is 13.1. The van der Waals surface area contributed by atoms with E-state index in [1.165, 1.54) is 27.4 Å². The van der Waals surface area contributed by atoms with Crippen LogP contribution in [0.4, 0.5) is 5.13 Å². The van der Waals surface area contributed by atoms with Crippen LogP contribution in [0.15, 0.2) is 75.7 Å². The van der Waals surface area contributed by atoms with Crippen LogP contribution in [0, 0.1) is 5.41 Å². The minimum Gasteiger partial charge on any atom is -0.477 e. The van der Waals surface area contributed by atoms with Crippen molar-refractivity contribution < 1.29 is 33.7 Å². The normalized spacial score (nSPS) is 17.8. The maximum Gasteiger partial charge on any atom is 0.352 e. The molecule has 1 fully saturated rings. The molecule has 0 aromatic carbocycles. The van der Waals surface area contributed by atoms with Crippen molar-refractivity contribution in [3.05, 3.63) is 77.0 Å². The number of aliphatic carboxylic acids is 1. The molecule has 5 rings (SSSR count). The minimum atomic E-state index is -1.25. The van der Waals surface area contributed by atoms with Crippen LogP contribution in [0.1, 0.15) is 23.1 Å². The van der Waals surface area contributed by atoms with Crippen molar-refractivity contribution >= 4 is 63.6 Å². The fourth-order valence-corrected chi connectivity index (χ4v) is 6.31. The Bertz CT molecular complexity index is 1810. The number of aromatic nitrogens is 4. The predicted molar refractivity (Wildman–Crippen MR) is 162 cm³/mol. The third-order valence-electron chi connectivity index (χ3n) is 6.49. The fourth-order valence-electron chi connectivity index (χ4n) is 4.44. The third kappa shape index (κ3) is 6.57. The van der Waals surface area contributed by atoms with Gasteiger partial charge in [-0.1, -0.05) is 11.2 Å². The van der Waals surface area contributed by atoms with E-state index in [1.807, 2.05) is 4.57 Å². The predicted octanol–water partition coefficient (Wildman–Crippen LogP) is 0.827. The molecular weight excluding hydrogens is 624 g/mol. The summed E-state index contributed by atoms with van der Waals surface area (Å²) in [5.74, 6) is -2.88. The van der Waals surface area contributed by atoms with Crippen molar-refractivity contribution in [2.75, 3.05) is 18.1 Å². The number of rotatable bonds is 11. The first kappa shape index (κ1) is 31.0. The third-order valence-corrected chi connectivity index (χ3v) is 8.47. The van der Waals surface area contributed by atoms with Gasteiger partial charge in [0.1, 0.15) is 29.4 Å². The Labute approximate surface area is 263 Å². The number of carbonyl (C=O) groups excluding carboxylic acids is 3. The summed E-state index contributed by atoms with van der Waals surface area (Å²) < 4.78 is 3.33. The van der Waals surface area contributed by atoms with Gasteiger partial charge in [0.25, 0.3) is 11.8 Å². The van der Waals surface area contributed by atoms with E-state index in [0.717, 1.165) is 11.3 Å². The molecule has 2 aliphatic heterocycles. The first-order valence-electron chi connectivity index (χ1n) is 13.2. The Hall–Kier alpha value is -5.45. The van der Waals surface area contributed by atoms with Crippen LogP contribution in [-0.4, -0.2) is 84.0 Å². The molecule has 5 N–H and O–H groups in total. The number of carboxylic acids is 1. The van der Waals surface area contributed by atoms with Crippen molar-refractivity contribution in [2.45, 2.75) is 24.9 Å². The molecule has 3 aromatic rings. The van der Waals surface area contributed by atoms with Gasteiger partial charge in [0.2, 0.25) is 0 Å². The van der Waals surface area contributed by atoms with Crippen molar-refractivity contribution in [3.63, 3.8) is 0 Å². The molecule has 16 nitrogen and oxygen atoms in total. The van der Waals surface area contributed by atoms with Crippen LogP contribution in [-0.2, 0) is 25.8 Å². The molecule has 3 amide bonds. The fraction of sp³-hybridized carbons (Fsp3) is 0.222. The number of nitrogens with one attached hydrogen (secondary N) is 2. The van der Waals surface area contributed by atoms with Gasteiger partial charge in [-0.3, -0.25) is 19.3 Å². The van der Waals surface area contributed by atoms with Gasteiger partial charge in [-0.2, -0.15) is 5.10 Å². The standard InChI is InChI=1S/C27H24N10O6S2/c1-2-43-34-19(18-13-45-27(29)31-18)23(39)32-20-24(40)37-21(26(41)42)15(12-44-25(20)37)4-3-8-35-9-5-16(6-10-35)36-11-7-17(33-36)22(38)30-14-28/h3-7,9-11,13,20,25,28H,2,8,12H2,1H3,(H3-,29,31,32,39,41,42)/p+1/b4-3+,34-19-/t20-,25-/m1/s1. The molecule has 0 saturated carbocycles. The lowest BCUT2D eigenvalue weighted by molar-refractivity contribution is -0.687. The van der Waals surface area contributed by atoms with E-state index in [9.17, 15) is 24.3 Å². The number of carbonyl (C=O) groups is 4. The van der Waals surface area contributed by atoms with Gasteiger partial charge in [0.15, 0.2) is 35.5 Å². The Kier molecular flexibility index (Phi) is 9.27. The zero-order valence-electron chi connectivity index (χ0n) is 23.5. The minimum absolute atomic E-state index is 0.0836. The van der Waals surface area contributed by atoms with Gasteiger partial charge in [-0.25, -0.2) is 24.4 Å². The van der Waals surface area contributed by atoms with Crippen LogP contribution in [0.3, 0.4) is 0 Å². The molecule has 0 aliphatic carbocycles. The lowest BCUT2D eigenvalue weighted by Gasteiger charge is -2.49. The number of fused-ring (bicyclic) bond motifs is 1. The van der Waals surface area contributed by atoms with Crippen LogP contribution >= 0.6 is 23.1 Å². The van der Waals surface area contributed by atoms with E-state index in [-0.39, 0.29) is 34.5 Å². The molecule has 230 valence electrons. The highest BCUT2D eigenvalue weighted by atomic mass is 32.2. The zero-order valence-corrected chi connectivity index (χ0v) is 25.1. The lowest BCUT2D eigenvalue weighted by atomic mass is 10.0. The van der Waals surface area contributed by atoms with Gasteiger partial charge in [0, 0.05) is 29.5 Å². The second kappa shape index (κ2) is 13.5. The number of thiazole rings is 1. The largest absolute Gasteiger partial charge is 0.477 e. The summed E-state index contributed by atoms with van der Waals surface area (Å²) in [6, 6.07) is 5.76. The number of hydrogen-bond donors (Lipinski definition) is 4.